The molecular weight excluding hydrogens is 622 g/mol. The number of anilines is 2. The van der Waals surface area contributed by atoms with Gasteiger partial charge in [0.1, 0.15) is 34.1 Å². The van der Waals surface area contributed by atoms with Crippen molar-refractivity contribution in [2.24, 2.45) is 0 Å². The largest absolute Gasteiger partial charge is 0.457 e. The van der Waals surface area contributed by atoms with Gasteiger partial charge in [-0.3, -0.25) is 19.2 Å². The first-order valence-electron chi connectivity index (χ1n) is 13.4. The van der Waals surface area contributed by atoms with E-state index in [1.54, 1.807) is 20.8 Å². The zero-order valence-electron chi connectivity index (χ0n) is 24.1. The van der Waals surface area contributed by atoms with E-state index in [1.807, 2.05) is 0 Å². The number of hydrogen-bond donors (Lipinski definition) is 0. The maximum absolute atomic E-state index is 14.1. The summed E-state index contributed by atoms with van der Waals surface area (Å²) in [6.07, 6.45) is -6.21. The normalized spacial score (nSPS) is 15.4. The van der Waals surface area contributed by atoms with Gasteiger partial charge in [-0.25, -0.2) is 9.80 Å². The number of halogens is 6. The van der Waals surface area contributed by atoms with Crippen LogP contribution in [0.15, 0.2) is 78.9 Å². The number of benzene rings is 3. The maximum Gasteiger partial charge on any atom is 0.420 e. The van der Waals surface area contributed by atoms with Crippen molar-refractivity contribution < 1.29 is 55.0 Å². The Labute approximate surface area is 257 Å². The minimum absolute atomic E-state index is 0.0713. The van der Waals surface area contributed by atoms with Crippen molar-refractivity contribution in [1.29, 1.82) is 0 Å². The van der Waals surface area contributed by atoms with Gasteiger partial charge in [-0.1, -0.05) is 20.8 Å². The molecule has 0 atom stereocenters. The number of carbonyl (C=O) groups excluding carboxylic acids is 4. The SMILES string of the molecule is CC(C)(C)c1cc(Oc2ccc(N3C(=O)C=CC3=O)cc2C(F)(F)F)ccc1Oc1ccc(N2C(=O)C=CC2=O)cc1C(F)(F)F. The zero-order valence-corrected chi connectivity index (χ0v) is 24.1. The van der Waals surface area contributed by atoms with Gasteiger partial charge in [0.25, 0.3) is 23.6 Å². The Morgan fingerprint density at radius 3 is 1.26 bits per heavy atom. The van der Waals surface area contributed by atoms with Crippen LogP contribution in [0.3, 0.4) is 0 Å². The zero-order chi connectivity index (χ0) is 33.8. The van der Waals surface area contributed by atoms with Gasteiger partial charge in [-0.2, -0.15) is 26.3 Å². The first-order valence-corrected chi connectivity index (χ1v) is 13.4. The number of ether oxygens (including phenoxy) is 2. The highest BCUT2D eigenvalue weighted by Gasteiger charge is 2.38. The van der Waals surface area contributed by atoms with Crippen LogP contribution in [-0.2, 0) is 36.9 Å². The number of carbonyl (C=O) groups is 4. The maximum atomic E-state index is 14.1. The Balaban J connectivity index is 1.50. The number of amides is 4. The number of hydrogen-bond acceptors (Lipinski definition) is 6. The van der Waals surface area contributed by atoms with E-state index in [4.69, 9.17) is 9.47 Å². The predicted octanol–water partition coefficient (Wildman–Crippen LogP) is 7.47. The standard InChI is InChI=1S/C32H22F6N2O6/c1-30(2,3)20-16-19(45-24-7-4-17(14-21(24)31(33,34)35)39-26(41)10-11-27(39)42)6-9-23(20)46-25-8-5-18(15-22(25)32(36,37)38)40-28(43)12-13-29(40)44/h4-16H,1-3H3. The molecule has 0 aromatic heterocycles. The second-order valence-electron chi connectivity index (χ2n) is 11.2. The molecule has 0 fully saturated rings. The van der Waals surface area contributed by atoms with Crippen LogP contribution in [0.25, 0.3) is 0 Å². The molecule has 0 aliphatic carbocycles. The number of rotatable bonds is 6. The molecule has 2 heterocycles. The second kappa shape index (κ2) is 11.2. The molecule has 0 spiro atoms. The van der Waals surface area contributed by atoms with Crippen LogP contribution in [0, 0.1) is 0 Å². The smallest absolute Gasteiger partial charge is 0.420 e. The topological polar surface area (TPSA) is 93.2 Å². The molecule has 4 amide bonds. The summed E-state index contributed by atoms with van der Waals surface area (Å²) in [7, 11) is 0. The van der Waals surface area contributed by atoms with E-state index in [-0.39, 0.29) is 28.4 Å². The van der Waals surface area contributed by atoms with Gasteiger partial charge < -0.3 is 9.47 Å². The molecule has 238 valence electrons. The van der Waals surface area contributed by atoms with Crippen LogP contribution in [0.2, 0.25) is 0 Å². The lowest BCUT2D eigenvalue weighted by atomic mass is 9.86. The molecule has 3 aromatic carbocycles. The van der Waals surface area contributed by atoms with Crippen LogP contribution in [-0.4, -0.2) is 23.6 Å². The molecule has 0 saturated carbocycles. The van der Waals surface area contributed by atoms with Gasteiger partial charge in [-0.15, -0.1) is 0 Å². The van der Waals surface area contributed by atoms with E-state index >= 15 is 0 Å². The van der Waals surface area contributed by atoms with Gasteiger partial charge >= 0.3 is 12.4 Å². The Morgan fingerprint density at radius 1 is 0.500 bits per heavy atom. The van der Waals surface area contributed by atoms with Crippen molar-refractivity contribution in [3.63, 3.8) is 0 Å². The Hall–Kier alpha value is -5.40. The first-order chi connectivity index (χ1) is 21.3. The van der Waals surface area contributed by atoms with Crippen LogP contribution in [0.1, 0.15) is 37.5 Å². The van der Waals surface area contributed by atoms with Crippen LogP contribution >= 0.6 is 0 Å². The van der Waals surface area contributed by atoms with Crippen LogP contribution < -0.4 is 19.3 Å². The van der Waals surface area contributed by atoms with E-state index in [2.05, 4.69) is 0 Å². The first kappa shape index (κ1) is 32.0. The number of nitrogens with zero attached hydrogens (tertiary/aromatic N) is 2. The molecule has 0 bridgehead atoms. The fourth-order valence-corrected chi connectivity index (χ4v) is 4.74. The Bertz CT molecular complexity index is 1820. The van der Waals surface area contributed by atoms with Crippen molar-refractivity contribution in [2.75, 3.05) is 9.80 Å². The highest BCUT2D eigenvalue weighted by molar-refractivity contribution is 6.28. The monoisotopic (exact) mass is 644 g/mol. The molecule has 8 nitrogen and oxygen atoms in total. The highest BCUT2D eigenvalue weighted by Crippen LogP contribution is 2.45. The van der Waals surface area contributed by atoms with Crippen molar-refractivity contribution in [2.45, 2.75) is 38.5 Å². The summed E-state index contributed by atoms with van der Waals surface area (Å²) in [6.45, 7) is 5.08. The predicted molar refractivity (Wildman–Crippen MR) is 151 cm³/mol. The molecule has 2 aliphatic heterocycles. The summed E-state index contributed by atoms with van der Waals surface area (Å²) in [4.78, 5) is 49.2. The van der Waals surface area contributed by atoms with Gasteiger partial charge in [0, 0.05) is 29.9 Å². The quantitative estimate of drug-likeness (QED) is 0.204. The third-order valence-corrected chi connectivity index (χ3v) is 6.88. The fourth-order valence-electron chi connectivity index (χ4n) is 4.74. The number of imide groups is 2. The molecule has 0 radical (unpaired) electrons. The third kappa shape index (κ3) is 6.23. The number of alkyl halides is 6. The molecular formula is C32H22F6N2O6. The van der Waals surface area contributed by atoms with Crippen molar-refractivity contribution in [1.82, 2.24) is 0 Å². The minimum atomic E-state index is -4.96. The summed E-state index contributed by atoms with van der Waals surface area (Å²) in [5.41, 5.74) is -3.76. The third-order valence-electron chi connectivity index (χ3n) is 6.88. The van der Waals surface area contributed by atoms with Gasteiger partial charge in [-0.05, 0) is 60.0 Å². The van der Waals surface area contributed by atoms with E-state index in [0.717, 1.165) is 48.6 Å². The van der Waals surface area contributed by atoms with Gasteiger partial charge in [0.2, 0.25) is 0 Å². The molecule has 3 aromatic rings. The molecule has 0 unspecified atom stereocenters. The lowest BCUT2D eigenvalue weighted by Gasteiger charge is -2.25. The van der Waals surface area contributed by atoms with Crippen LogP contribution in [0.5, 0.6) is 23.0 Å². The lowest BCUT2D eigenvalue weighted by Crippen LogP contribution is -2.29. The summed E-state index contributed by atoms with van der Waals surface area (Å²) in [5, 5.41) is 0. The summed E-state index contributed by atoms with van der Waals surface area (Å²) >= 11 is 0. The van der Waals surface area contributed by atoms with Crippen molar-refractivity contribution >= 4 is 35.0 Å². The molecule has 46 heavy (non-hydrogen) atoms. The minimum Gasteiger partial charge on any atom is -0.457 e. The highest BCUT2D eigenvalue weighted by atomic mass is 19.4. The average molecular weight is 645 g/mol. The van der Waals surface area contributed by atoms with E-state index in [1.165, 1.54) is 18.2 Å². The van der Waals surface area contributed by atoms with Crippen molar-refractivity contribution in [3.05, 3.63) is 95.6 Å². The average Bonchev–Trinajstić information content (AvgIpc) is 3.47. The Morgan fingerprint density at radius 2 is 0.870 bits per heavy atom. The van der Waals surface area contributed by atoms with E-state index in [9.17, 15) is 45.5 Å². The molecule has 0 saturated heterocycles. The summed E-state index contributed by atoms with van der Waals surface area (Å²) in [5.74, 6) is -4.74. The summed E-state index contributed by atoms with van der Waals surface area (Å²) in [6, 6.07) is 9.07. The molecule has 0 N–H and O–H groups in total. The lowest BCUT2D eigenvalue weighted by molar-refractivity contribution is -0.139. The molecule has 5 rings (SSSR count). The van der Waals surface area contributed by atoms with E-state index in [0.29, 0.717) is 21.9 Å². The molecule has 14 heteroatoms. The Kier molecular flexibility index (Phi) is 7.79. The van der Waals surface area contributed by atoms with Gasteiger partial charge in [0.15, 0.2) is 0 Å². The second-order valence-corrected chi connectivity index (χ2v) is 11.2. The van der Waals surface area contributed by atoms with Crippen molar-refractivity contribution in [3.8, 4) is 23.0 Å². The van der Waals surface area contributed by atoms with E-state index < -0.39 is 64.0 Å². The fraction of sp³-hybridized carbons (Fsp3) is 0.188. The van der Waals surface area contributed by atoms with Gasteiger partial charge in [0.05, 0.1) is 11.4 Å². The summed E-state index contributed by atoms with van der Waals surface area (Å²) < 4.78 is 95.8. The van der Waals surface area contributed by atoms with Crippen LogP contribution in [0.4, 0.5) is 37.7 Å². The molecule has 2 aliphatic rings.